The highest BCUT2D eigenvalue weighted by molar-refractivity contribution is 7.13. The second kappa shape index (κ2) is 8.93. The van der Waals surface area contributed by atoms with E-state index in [0.29, 0.717) is 29.6 Å². The van der Waals surface area contributed by atoms with Gasteiger partial charge in [-0.25, -0.2) is 9.37 Å². The lowest BCUT2D eigenvalue weighted by atomic mass is 9.90. The zero-order valence-corrected chi connectivity index (χ0v) is 17.3. The van der Waals surface area contributed by atoms with Crippen molar-refractivity contribution in [2.24, 2.45) is 5.92 Å². The molecule has 3 aromatic rings. The SMILES string of the molecule is O=C(c1cc(Nc2nccs2)ccc1Cl)N1CCC(Cc2ccc(F)cc2)CC1. The fourth-order valence-electron chi connectivity index (χ4n) is 3.64. The first-order valence-corrected chi connectivity index (χ1v) is 10.8. The van der Waals surface area contributed by atoms with E-state index in [1.54, 1.807) is 18.3 Å². The zero-order valence-electron chi connectivity index (χ0n) is 15.8. The highest BCUT2D eigenvalue weighted by atomic mass is 35.5. The van der Waals surface area contributed by atoms with E-state index in [9.17, 15) is 9.18 Å². The van der Waals surface area contributed by atoms with Crippen LogP contribution < -0.4 is 5.32 Å². The summed E-state index contributed by atoms with van der Waals surface area (Å²) in [6, 6.07) is 12.1. The highest BCUT2D eigenvalue weighted by Gasteiger charge is 2.25. The van der Waals surface area contributed by atoms with Gasteiger partial charge in [-0.2, -0.15) is 0 Å². The molecule has 0 aliphatic carbocycles. The van der Waals surface area contributed by atoms with Crippen molar-refractivity contribution in [3.63, 3.8) is 0 Å². The van der Waals surface area contributed by atoms with Gasteiger partial charge in [-0.05, 0) is 61.1 Å². The summed E-state index contributed by atoms with van der Waals surface area (Å²) in [4.78, 5) is 19.1. The molecule has 2 aromatic carbocycles. The fourth-order valence-corrected chi connectivity index (χ4v) is 4.39. The maximum atomic E-state index is 13.1. The molecule has 1 N–H and O–H groups in total. The Bertz CT molecular complexity index is 970. The van der Waals surface area contributed by atoms with Crippen LogP contribution in [0.3, 0.4) is 0 Å². The van der Waals surface area contributed by atoms with E-state index in [1.165, 1.54) is 23.5 Å². The van der Waals surface area contributed by atoms with Gasteiger partial charge in [0.25, 0.3) is 5.91 Å². The number of likely N-dealkylation sites (tertiary alicyclic amines) is 1. The maximum absolute atomic E-state index is 13.1. The number of carbonyl (C=O) groups excluding carboxylic acids is 1. The average molecular weight is 430 g/mol. The largest absolute Gasteiger partial charge is 0.339 e. The number of thiazole rings is 1. The van der Waals surface area contributed by atoms with Gasteiger partial charge in [-0.3, -0.25) is 4.79 Å². The number of piperidine rings is 1. The van der Waals surface area contributed by atoms with Gasteiger partial charge in [0, 0.05) is 30.4 Å². The minimum absolute atomic E-state index is 0.0435. The van der Waals surface area contributed by atoms with Crippen LogP contribution in [-0.2, 0) is 6.42 Å². The van der Waals surface area contributed by atoms with E-state index in [1.807, 2.05) is 28.5 Å². The van der Waals surface area contributed by atoms with Crippen molar-refractivity contribution in [3.05, 3.63) is 76.0 Å². The Balaban J connectivity index is 1.38. The van der Waals surface area contributed by atoms with Gasteiger partial charge in [0.05, 0.1) is 10.6 Å². The Morgan fingerprint density at radius 2 is 1.97 bits per heavy atom. The van der Waals surface area contributed by atoms with Crippen LogP contribution >= 0.6 is 22.9 Å². The molecule has 0 atom stereocenters. The van der Waals surface area contributed by atoms with Crippen molar-refractivity contribution >= 4 is 39.7 Å². The zero-order chi connectivity index (χ0) is 20.2. The Labute approximate surface area is 178 Å². The lowest BCUT2D eigenvalue weighted by molar-refractivity contribution is 0.0691. The number of aromatic nitrogens is 1. The summed E-state index contributed by atoms with van der Waals surface area (Å²) < 4.78 is 13.1. The molecule has 7 heteroatoms. The maximum Gasteiger partial charge on any atom is 0.255 e. The number of halogens is 2. The van der Waals surface area contributed by atoms with Gasteiger partial charge in [-0.15, -0.1) is 11.3 Å². The third-order valence-electron chi connectivity index (χ3n) is 5.22. The van der Waals surface area contributed by atoms with Crippen LogP contribution in [0.15, 0.2) is 54.0 Å². The number of nitrogens with one attached hydrogen (secondary N) is 1. The van der Waals surface area contributed by atoms with Crippen molar-refractivity contribution in [1.29, 1.82) is 0 Å². The predicted molar refractivity (Wildman–Crippen MR) is 116 cm³/mol. The predicted octanol–water partition coefficient (Wildman–Crippen LogP) is 5.77. The van der Waals surface area contributed by atoms with Crippen molar-refractivity contribution in [2.45, 2.75) is 19.3 Å². The number of hydrogen-bond acceptors (Lipinski definition) is 4. The van der Waals surface area contributed by atoms with Crippen molar-refractivity contribution < 1.29 is 9.18 Å². The number of benzene rings is 2. The molecule has 29 heavy (non-hydrogen) atoms. The van der Waals surface area contributed by atoms with E-state index >= 15 is 0 Å². The Morgan fingerprint density at radius 3 is 2.66 bits per heavy atom. The molecule has 1 aliphatic rings. The summed E-state index contributed by atoms with van der Waals surface area (Å²) in [7, 11) is 0. The molecule has 2 heterocycles. The molecule has 0 bridgehead atoms. The van der Waals surface area contributed by atoms with Gasteiger partial charge in [0.15, 0.2) is 5.13 Å². The Hall–Kier alpha value is -2.44. The van der Waals surface area contributed by atoms with Crippen molar-refractivity contribution in [2.75, 3.05) is 18.4 Å². The van der Waals surface area contributed by atoms with Gasteiger partial charge < -0.3 is 10.2 Å². The molecular formula is C22H21ClFN3OS. The third kappa shape index (κ3) is 4.95. The molecule has 150 valence electrons. The molecule has 0 saturated carbocycles. The molecule has 1 aliphatic heterocycles. The number of rotatable bonds is 5. The molecule has 0 unspecified atom stereocenters. The minimum Gasteiger partial charge on any atom is -0.339 e. The number of hydrogen-bond donors (Lipinski definition) is 1. The second-order valence-corrected chi connectivity index (χ2v) is 8.52. The van der Waals surface area contributed by atoms with Gasteiger partial charge in [-0.1, -0.05) is 23.7 Å². The molecule has 4 nitrogen and oxygen atoms in total. The van der Waals surface area contributed by atoms with Crippen molar-refractivity contribution in [3.8, 4) is 0 Å². The normalized spacial score (nSPS) is 14.8. The monoisotopic (exact) mass is 429 g/mol. The van der Waals surface area contributed by atoms with E-state index in [-0.39, 0.29) is 11.7 Å². The molecule has 1 fully saturated rings. The van der Waals surface area contributed by atoms with E-state index in [2.05, 4.69) is 10.3 Å². The summed E-state index contributed by atoms with van der Waals surface area (Å²) in [6.07, 6.45) is 4.50. The van der Waals surface area contributed by atoms with E-state index in [0.717, 1.165) is 35.6 Å². The van der Waals surface area contributed by atoms with Gasteiger partial charge in [0.1, 0.15) is 5.82 Å². The van der Waals surface area contributed by atoms with Crippen LogP contribution in [0.1, 0.15) is 28.8 Å². The number of carbonyl (C=O) groups is 1. The number of amides is 1. The molecular weight excluding hydrogens is 409 g/mol. The van der Waals surface area contributed by atoms with Crippen molar-refractivity contribution in [1.82, 2.24) is 9.88 Å². The quantitative estimate of drug-likeness (QED) is 0.559. The van der Waals surface area contributed by atoms with Crippen LogP contribution in [0.25, 0.3) is 0 Å². The first kappa shape index (κ1) is 19.9. The highest BCUT2D eigenvalue weighted by Crippen LogP contribution is 2.28. The standard InChI is InChI=1S/C22H21ClFN3OS/c23-20-6-5-18(26-22-25-9-12-29-22)14-19(20)21(28)27-10-7-16(8-11-27)13-15-1-3-17(24)4-2-15/h1-6,9,12,14,16H,7-8,10-11,13H2,(H,25,26). The number of anilines is 2. The molecule has 0 spiro atoms. The summed E-state index contributed by atoms with van der Waals surface area (Å²) in [5, 5.41) is 6.31. The van der Waals surface area contributed by atoms with E-state index in [4.69, 9.17) is 11.6 Å². The molecule has 0 radical (unpaired) electrons. The lowest BCUT2D eigenvalue weighted by Gasteiger charge is -2.32. The first-order chi connectivity index (χ1) is 14.1. The van der Waals surface area contributed by atoms with Gasteiger partial charge >= 0.3 is 0 Å². The second-order valence-electron chi connectivity index (χ2n) is 7.22. The summed E-state index contributed by atoms with van der Waals surface area (Å²) in [5.41, 5.74) is 2.43. The minimum atomic E-state index is -0.211. The fraction of sp³-hybridized carbons (Fsp3) is 0.273. The summed E-state index contributed by atoms with van der Waals surface area (Å²) in [5.74, 6) is 0.244. The number of nitrogens with zero attached hydrogens (tertiary/aromatic N) is 2. The smallest absolute Gasteiger partial charge is 0.255 e. The molecule has 1 saturated heterocycles. The van der Waals surface area contributed by atoms with Crippen LogP contribution in [0.5, 0.6) is 0 Å². The topological polar surface area (TPSA) is 45.2 Å². The van der Waals surface area contributed by atoms with Gasteiger partial charge in [0.2, 0.25) is 0 Å². The van der Waals surface area contributed by atoms with Crippen LogP contribution in [0.2, 0.25) is 5.02 Å². The van der Waals surface area contributed by atoms with Crippen LogP contribution in [0, 0.1) is 11.7 Å². The summed E-state index contributed by atoms with van der Waals surface area (Å²) >= 11 is 7.82. The Morgan fingerprint density at radius 1 is 1.21 bits per heavy atom. The van der Waals surface area contributed by atoms with Crippen LogP contribution in [-0.4, -0.2) is 28.9 Å². The van der Waals surface area contributed by atoms with Crippen LogP contribution in [0.4, 0.5) is 15.2 Å². The summed E-state index contributed by atoms with van der Waals surface area (Å²) in [6.45, 7) is 1.40. The Kier molecular flexibility index (Phi) is 6.11. The van der Waals surface area contributed by atoms with E-state index < -0.39 is 0 Å². The molecule has 1 aromatic heterocycles. The first-order valence-electron chi connectivity index (χ1n) is 9.58. The third-order valence-corrected chi connectivity index (χ3v) is 6.24. The molecule has 4 rings (SSSR count). The molecule has 1 amide bonds. The average Bonchev–Trinajstić information content (AvgIpc) is 3.24. The lowest BCUT2D eigenvalue weighted by Crippen LogP contribution is -2.39.